The highest BCUT2D eigenvalue weighted by molar-refractivity contribution is 5.33. The molecule has 0 aromatic heterocycles. The average Bonchev–Trinajstić information content (AvgIpc) is 2.42. The highest BCUT2D eigenvalue weighted by Gasteiger charge is 1.96. The Labute approximate surface area is 104 Å². The van der Waals surface area contributed by atoms with Crippen LogP contribution in [-0.2, 0) is 6.42 Å². The van der Waals surface area contributed by atoms with Gasteiger partial charge < -0.3 is 4.74 Å². The molecular weight excluding hydrogens is 208 g/mol. The number of para-hydroxylation sites is 1. The molecule has 0 aliphatic rings. The number of hydrogen-bond donors (Lipinski definition) is 0. The van der Waals surface area contributed by atoms with E-state index in [1.807, 2.05) is 56.3 Å². The second kappa shape index (κ2) is 7.50. The summed E-state index contributed by atoms with van der Waals surface area (Å²) in [6.45, 7) is 6.14. The summed E-state index contributed by atoms with van der Waals surface area (Å²) in [7, 11) is 0. The topological polar surface area (TPSA) is 9.23 Å². The van der Waals surface area contributed by atoms with Gasteiger partial charge in [-0.15, -0.1) is 0 Å². The Morgan fingerprint density at radius 2 is 1.47 bits per heavy atom. The van der Waals surface area contributed by atoms with E-state index in [1.165, 1.54) is 5.56 Å². The van der Waals surface area contributed by atoms with E-state index in [4.69, 9.17) is 4.74 Å². The maximum absolute atomic E-state index is 5.72. The first-order chi connectivity index (χ1) is 8.38. The Bertz CT molecular complexity index is 421. The first-order valence-electron chi connectivity index (χ1n) is 6.20. The number of hydrogen-bond acceptors (Lipinski definition) is 1. The fourth-order valence-electron chi connectivity index (χ4n) is 1.45. The van der Waals surface area contributed by atoms with Crippen molar-refractivity contribution in [2.24, 2.45) is 0 Å². The fraction of sp³-hybridized carbons (Fsp3) is 0.250. The molecule has 2 aromatic carbocycles. The SMILES string of the molecule is CC.CCc1cccc(Oc2ccccc2)c1. The Hall–Kier alpha value is -1.76. The molecule has 0 aliphatic heterocycles. The molecule has 0 amide bonds. The van der Waals surface area contributed by atoms with E-state index in [-0.39, 0.29) is 0 Å². The molecule has 90 valence electrons. The van der Waals surface area contributed by atoms with Crippen molar-refractivity contribution >= 4 is 0 Å². The van der Waals surface area contributed by atoms with Gasteiger partial charge in [-0.2, -0.15) is 0 Å². The maximum Gasteiger partial charge on any atom is 0.127 e. The van der Waals surface area contributed by atoms with Crippen LogP contribution in [0.3, 0.4) is 0 Å². The van der Waals surface area contributed by atoms with Crippen molar-refractivity contribution in [1.82, 2.24) is 0 Å². The number of benzene rings is 2. The Kier molecular flexibility index (Phi) is 5.87. The summed E-state index contributed by atoms with van der Waals surface area (Å²) in [6.07, 6.45) is 1.03. The van der Waals surface area contributed by atoms with E-state index in [2.05, 4.69) is 19.1 Å². The van der Waals surface area contributed by atoms with Gasteiger partial charge in [0.25, 0.3) is 0 Å². The average molecular weight is 228 g/mol. The fourth-order valence-corrected chi connectivity index (χ4v) is 1.45. The van der Waals surface area contributed by atoms with Crippen molar-refractivity contribution < 1.29 is 4.74 Å². The first kappa shape index (κ1) is 13.3. The Morgan fingerprint density at radius 1 is 0.824 bits per heavy atom. The monoisotopic (exact) mass is 228 g/mol. The lowest BCUT2D eigenvalue weighted by molar-refractivity contribution is 0.482. The molecule has 0 bridgehead atoms. The minimum absolute atomic E-state index is 0.880. The van der Waals surface area contributed by atoms with E-state index in [9.17, 15) is 0 Å². The predicted octanol–water partition coefficient (Wildman–Crippen LogP) is 5.07. The van der Waals surface area contributed by atoms with Crippen LogP contribution < -0.4 is 4.74 Å². The minimum atomic E-state index is 0.880. The molecule has 0 saturated carbocycles. The molecule has 0 N–H and O–H groups in total. The predicted molar refractivity (Wildman–Crippen MR) is 73.7 cm³/mol. The van der Waals surface area contributed by atoms with Gasteiger partial charge in [0.05, 0.1) is 0 Å². The van der Waals surface area contributed by atoms with Crippen LogP contribution in [0.1, 0.15) is 26.3 Å². The summed E-state index contributed by atoms with van der Waals surface area (Å²) < 4.78 is 5.72. The molecule has 0 aliphatic carbocycles. The van der Waals surface area contributed by atoms with Crippen molar-refractivity contribution in [3.8, 4) is 11.5 Å². The van der Waals surface area contributed by atoms with E-state index in [0.717, 1.165) is 17.9 Å². The first-order valence-corrected chi connectivity index (χ1v) is 6.20. The molecule has 2 aromatic rings. The van der Waals surface area contributed by atoms with Crippen molar-refractivity contribution in [2.45, 2.75) is 27.2 Å². The van der Waals surface area contributed by atoms with Gasteiger partial charge in [-0.05, 0) is 36.2 Å². The molecule has 2 rings (SSSR count). The van der Waals surface area contributed by atoms with E-state index < -0.39 is 0 Å². The van der Waals surface area contributed by atoms with Crippen LogP contribution in [0.2, 0.25) is 0 Å². The Morgan fingerprint density at radius 3 is 2.12 bits per heavy atom. The maximum atomic E-state index is 5.72. The van der Waals surface area contributed by atoms with Crippen LogP contribution in [0.5, 0.6) is 11.5 Å². The third kappa shape index (κ3) is 4.31. The van der Waals surface area contributed by atoms with E-state index in [1.54, 1.807) is 0 Å². The summed E-state index contributed by atoms with van der Waals surface area (Å²) in [4.78, 5) is 0. The zero-order valence-corrected chi connectivity index (χ0v) is 10.8. The third-order valence-electron chi connectivity index (χ3n) is 2.29. The lowest BCUT2D eigenvalue weighted by Crippen LogP contribution is -1.85. The van der Waals surface area contributed by atoms with Crippen LogP contribution >= 0.6 is 0 Å². The second-order valence-corrected chi connectivity index (χ2v) is 3.42. The molecule has 0 fully saturated rings. The number of aryl methyl sites for hydroxylation is 1. The summed E-state index contributed by atoms with van der Waals surface area (Å²) in [5.74, 6) is 1.78. The number of rotatable bonds is 3. The molecule has 1 nitrogen and oxygen atoms in total. The van der Waals surface area contributed by atoms with Gasteiger partial charge in [-0.3, -0.25) is 0 Å². The molecule has 17 heavy (non-hydrogen) atoms. The van der Waals surface area contributed by atoms with Gasteiger partial charge in [-0.1, -0.05) is 51.1 Å². The molecule has 0 spiro atoms. The summed E-state index contributed by atoms with van der Waals surface area (Å²) in [5, 5.41) is 0. The normalized spacial score (nSPS) is 9.12. The van der Waals surface area contributed by atoms with Gasteiger partial charge in [0.1, 0.15) is 11.5 Å². The lowest BCUT2D eigenvalue weighted by atomic mass is 10.2. The zero-order valence-electron chi connectivity index (χ0n) is 10.8. The molecular formula is C16H20O. The highest BCUT2D eigenvalue weighted by Crippen LogP contribution is 2.21. The summed E-state index contributed by atoms with van der Waals surface area (Å²) >= 11 is 0. The van der Waals surface area contributed by atoms with Gasteiger partial charge in [-0.25, -0.2) is 0 Å². The molecule has 0 atom stereocenters. The van der Waals surface area contributed by atoms with Crippen LogP contribution in [0.25, 0.3) is 0 Å². The molecule has 0 radical (unpaired) electrons. The Balaban J connectivity index is 0.000000686. The van der Waals surface area contributed by atoms with Crippen LogP contribution in [0.4, 0.5) is 0 Å². The minimum Gasteiger partial charge on any atom is -0.457 e. The molecule has 0 saturated heterocycles. The van der Waals surface area contributed by atoms with Gasteiger partial charge in [0, 0.05) is 0 Å². The quantitative estimate of drug-likeness (QED) is 0.712. The van der Waals surface area contributed by atoms with E-state index >= 15 is 0 Å². The third-order valence-corrected chi connectivity index (χ3v) is 2.29. The van der Waals surface area contributed by atoms with Crippen LogP contribution in [0, 0.1) is 0 Å². The van der Waals surface area contributed by atoms with Crippen molar-refractivity contribution in [2.75, 3.05) is 0 Å². The molecule has 1 heteroatoms. The molecule has 0 unspecified atom stereocenters. The smallest absolute Gasteiger partial charge is 0.127 e. The summed E-state index contributed by atoms with van der Waals surface area (Å²) in [6, 6.07) is 18.0. The number of ether oxygens (including phenoxy) is 1. The second-order valence-electron chi connectivity index (χ2n) is 3.42. The highest BCUT2D eigenvalue weighted by atomic mass is 16.5. The summed E-state index contributed by atoms with van der Waals surface area (Å²) in [5.41, 5.74) is 1.29. The van der Waals surface area contributed by atoms with Crippen molar-refractivity contribution in [3.63, 3.8) is 0 Å². The van der Waals surface area contributed by atoms with Crippen molar-refractivity contribution in [1.29, 1.82) is 0 Å². The van der Waals surface area contributed by atoms with Crippen LogP contribution in [0.15, 0.2) is 54.6 Å². The molecule has 0 heterocycles. The lowest BCUT2D eigenvalue weighted by Gasteiger charge is -2.06. The van der Waals surface area contributed by atoms with E-state index in [0.29, 0.717) is 0 Å². The van der Waals surface area contributed by atoms with Gasteiger partial charge >= 0.3 is 0 Å². The van der Waals surface area contributed by atoms with Gasteiger partial charge in [0.15, 0.2) is 0 Å². The largest absolute Gasteiger partial charge is 0.457 e. The standard InChI is InChI=1S/C14H14O.C2H6/c1-2-12-7-6-10-14(11-12)15-13-8-4-3-5-9-13;1-2/h3-11H,2H2,1H3;1-2H3. The van der Waals surface area contributed by atoms with Gasteiger partial charge in [0.2, 0.25) is 0 Å². The van der Waals surface area contributed by atoms with Crippen LogP contribution in [-0.4, -0.2) is 0 Å². The van der Waals surface area contributed by atoms with Crippen molar-refractivity contribution in [3.05, 3.63) is 60.2 Å². The zero-order chi connectivity index (χ0) is 12.5.